The Morgan fingerprint density at radius 2 is 1.96 bits per heavy atom. The predicted octanol–water partition coefficient (Wildman–Crippen LogP) is 3.30. The van der Waals surface area contributed by atoms with Crippen molar-refractivity contribution in [1.82, 2.24) is 14.5 Å². The van der Waals surface area contributed by atoms with Crippen molar-refractivity contribution in [1.29, 1.82) is 0 Å². The van der Waals surface area contributed by atoms with Crippen LogP contribution in [-0.2, 0) is 16.0 Å². The molecule has 7 nitrogen and oxygen atoms in total. The third-order valence-electron chi connectivity index (χ3n) is 3.61. The van der Waals surface area contributed by atoms with Crippen molar-refractivity contribution >= 4 is 12.1 Å². The molecule has 146 valence electrons. The van der Waals surface area contributed by atoms with Crippen LogP contribution in [0.4, 0.5) is 18.0 Å². The quantitative estimate of drug-likeness (QED) is 0.756. The molecule has 1 amide bonds. The molecule has 0 aliphatic carbocycles. The number of carbonyl (C=O) groups is 2. The third kappa shape index (κ3) is 4.89. The molecule has 0 saturated heterocycles. The highest BCUT2D eigenvalue weighted by Gasteiger charge is 2.40. The van der Waals surface area contributed by atoms with Crippen molar-refractivity contribution in [2.75, 3.05) is 13.2 Å². The molecule has 1 unspecified atom stereocenters. The van der Waals surface area contributed by atoms with Gasteiger partial charge in [-0.25, -0.2) is 14.6 Å². The number of hydrogen-bond acceptors (Lipinski definition) is 5. The van der Waals surface area contributed by atoms with E-state index in [1.807, 2.05) is 0 Å². The molecule has 2 rings (SSSR count). The molecule has 26 heavy (non-hydrogen) atoms. The van der Waals surface area contributed by atoms with Crippen LogP contribution in [-0.4, -0.2) is 51.4 Å². The number of ether oxygens (including phenoxy) is 2. The van der Waals surface area contributed by atoms with Crippen LogP contribution in [0.2, 0.25) is 0 Å². The first kappa shape index (κ1) is 20.1. The Bertz CT molecular complexity index is 679. The molecule has 1 aliphatic rings. The number of alkyl halides is 3. The number of halogens is 3. The minimum Gasteiger partial charge on any atom is -0.461 e. The first-order valence-electron chi connectivity index (χ1n) is 8.19. The van der Waals surface area contributed by atoms with E-state index in [1.54, 1.807) is 27.7 Å². The number of imidazole rings is 1. The lowest BCUT2D eigenvalue weighted by atomic mass is 10.1. The average Bonchev–Trinajstić information content (AvgIpc) is 2.88. The van der Waals surface area contributed by atoms with Gasteiger partial charge in [-0.3, -0.25) is 4.90 Å². The molecular weight excluding hydrogens is 355 g/mol. The van der Waals surface area contributed by atoms with Crippen LogP contribution in [0.5, 0.6) is 0 Å². The van der Waals surface area contributed by atoms with Gasteiger partial charge in [-0.2, -0.15) is 13.2 Å². The Balaban J connectivity index is 2.34. The Labute approximate surface area is 149 Å². The van der Waals surface area contributed by atoms with E-state index in [2.05, 4.69) is 4.98 Å². The summed E-state index contributed by atoms with van der Waals surface area (Å²) in [6.45, 7) is 6.40. The highest BCUT2D eigenvalue weighted by molar-refractivity contribution is 5.87. The molecule has 1 aromatic rings. The van der Waals surface area contributed by atoms with E-state index in [1.165, 1.54) is 15.7 Å². The molecular formula is C16H22F3N3O4. The van der Waals surface area contributed by atoms with Gasteiger partial charge >= 0.3 is 18.2 Å². The van der Waals surface area contributed by atoms with Crippen molar-refractivity contribution < 1.29 is 32.2 Å². The average molecular weight is 377 g/mol. The van der Waals surface area contributed by atoms with Gasteiger partial charge in [0.25, 0.3) is 0 Å². The molecule has 0 saturated carbocycles. The lowest BCUT2D eigenvalue weighted by Crippen LogP contribution is -2.45. The molecule has 0 aromatic carbocycles. The van der Waals surface area contributed by atoms with Crippen LogP contribution in [0.1, 0.15) is 56.5 Å². The summed E-state index contributed by atoms with van der Waals surface area (Å²) in [5.41, 5.74) is -0.834. The van der Waals surface area contributed by atoms with E-state index < -0.39 is 36.3 Å². The van der Waals surface area contributed by atoms with E-state index in [-0.39, 0.29) is 31.2 Å². The summed E-state index contributed by atoms with van der Waals surface area (Å²) in [5, 5.41) is 0. The molecule has 0 N–H and O–H groups in total. The van der Waals surface area contributed by atoms with Crippen molar-refractivity contribution in [3.63, 3.8) is 0 Å². The van der Waals surface area contributed by atoms with Gasteiger partial charge in [0.1, 0.15) is 17.1 Å². The zero-order valence-electron chi connectivity index (χ0n) is 15.1. The number of carbonyl (C=O) groups excluding carboxylic acids is 2. The van der Waals surface area contributed by atoms with Crippen LogP contribution >= 0.6 is 0 Å². The molecule has 1 aliphatic heterocycles. The second kappa shape index (κ2) is 7.16. The lowest BCUT2D eigenvalue weighted by molar-refractivity contribution is -0.145. The van der Waals surface area contributed by atoms with Crippen LogP contribution in [0.3, 0.4) is 0 Å². The van der Waals surface area contributed by atoms with Crippen molar-refractivity contribution in [2.45, 2.75) is 58.5 Å². The molecule has 0 bridgehead atoms. The van der Waals surface area contributed by atoms with Crippen molar-refractivity contribution in [3.05, 3.63) is 17.7 Å². The first-order valence-corrected chi connectivity index (χ1v) is 8.19. The number of aromatic nitrogens is 2. The van der Waals surface area contributed by atoms with Gasteiger partial charge in [-0.05, 0) is 27.7 Å². The van der Waals surface area contributed by atoms with Gasteiger partial charge < -0.3 is 14.0 Å². The van der Waals surface area contributed by atoms with Crippen molar-refractivity contribution in [3.8, 4) is 0 Å². The third-order valence-corrected chi connectivity index (χ3v) is 3.61. The summed E-state index contributed by atoms with van der Waals surface area (Å²) < 4.78 is 50.4. The Morgan fingerprint density at radius 1 is 1.31 bits per heavy atom. The van der Waals surface area contributed by atoms with E-state index in [9.17, 15) is 22.8 Å². The second-order valence-electron chi connectivity index (χ2n) is 6.98. The molecule has 0 radical (unpaired) electrons. The van der Waals surface area contributed by atoms with Crippen molar-refractivity contribution in [2.24, 2.45) is 0 Å². The van der Waals surface area contributed by atoms with E-state index in [0.29, 0.717) is 0 Å². The topological polar surface area (TPSA) is 73.7 Å². The number of esters is 1. The van der Waals surface area contributed by atoms with E-state index >= 15 is 0 Å². The van der Waals surface area contributed by atoms with Gasteiger partial charge in [-0.1, -0.05) is 0 Å². The molecule has 10 heteroatoms. The maximum Gasteiger partial charge on any atom is 0.410 e. The van der Waals surface area contributed by atoms with Gasteiger partial charge in [0, 0.05) is 6.54 Å². The van der Waals surface area contributed by atoms with Crippen LogP contribution in [0.25, 0.3) is 0 Å². The number of rotatable bonds is 3. The van der Waals surface area contributed by atoms with Crippen LogP contribution in [0.15, 0.2) is 6.20 Å². The minimum atomic E-state index is -4.48. The Hall–Kier alpha value is -2.26. The summed E-state index contributed by atoms with van der Waals surface area (Å²) in [7, 11) is 0. The van der Waals surface area contributed by atoms with Gasteiger partial charge in [0.05, 0.1) is 31.8 Å². The van der Waals surface area contributed by atoms with E-state index in [0.717, 1.165) is 0 Å². The number of fused-ring (bicyclic) bond motifs is 1. The second-order valence-corrected chi connectivity index (χ2v) is 6.98. The summed E-state index contributed by atoms with van der Waals surface area (Å²) >= 11 is 0. The summed E-state index contributed by atoms with van der Waals surface area (Å²) in [6, 6.07) is -1.19. The normalized spacial score (nSPS) is 17.7. The summed E-state index contributed by atoms with van der Waals surface area (Å²) in [6.07, 6.45) is -5.23. The lowest BCUT2D eigenvalue weighted by Gasteiger charge is -2.36. The standard InChI is InChI=1S/C16H22F3N3O4/c1-5-25-13(23)11-7-20-12-9-21(14(24)26-15(2,3)4)8-10(22(11)12)6-16(17,18)19/h7,10H,5-6,8-9H2,1-4H3. The zero-order valence-corrected chi connectivity index (χ0v) is 15.1. The fourth-order valence-corrected chi connectivity index (χ4v) is 2.74. The highest BCUT2D eigenvalue weighted by atomic mass is 19.4. The van der Waals surface area contributed by atoms with Gasteiger partial charge in [0.2, 0.25) is 0 Å². The van der Waals surface area contributed by atoms with Crippen LogP contribution in [0, 0.1) is 0 Å². The first-order chi connectivity index (χ1) is 11.9. The van der Waals surface area contributed by atoms with E-state index in [4.69, 9.17) is 9.47 Å². The maximum absolute atomic E-state index is 13.0. The number of hydrogen-bond donors (Lipinski definition) is 0. The van der Waals surface area contributed by atoms with Gasteiger partial charge in [0.15, 0.2) is 0 Å². The highest BCUT2D eigenvalue weighted by Crippen LogP contribution is 2.34. The molecule has 1 aromatic heterocycles. The smallest absolute Gasteiger partial charge is 0.410 e. The number of nitrogens with zero attached hydrogens (tertiary/aromatic N) is 3. The Morgan fingerprint density at radius 3 is 2.50 bits per heavy atom. The molecule has 0 spiro atoms. The van der Waals surface area contributed by atoms with Crippen LogP contribution < -0.4 is 0 Å². The molecule has 2 heterocycles. The predicted molar refractivity (Wildman–Crippen MR) is 84.5 cm³/mol. The van der Waals surface area contributed by atoms with Gasteiger partial charge in [-0.15, -0.1) is 0 Å². The fourth-order valence-electron chi connectivity index (χ4n) is 2.74. The number of amides is 1. The maximum atomic E-state index is 13.0. The zero-order chi connectivity index (χ0) is 19.7. The minimum absolute atomic E-state index is 0.0529. The molecule has 1 atom stereocenters. The summed E-state index contributed by atoms with van der Waals surface area (Å²) in [4.78, 5) is 29.5. The fraction of sp³-hybridized carbons (Fsp3) is 0.688. The molecule has 0 fully saturated rings. The largest absolute Gasteiger partial charge is 0.461 e. The Kier molecular flexibility index (Phi) is 5.52. The summed E-state index contributed by atoms with van der Waals surface area (Å²) in [5.74, 6) is -0.566. The SMILES string of the molecule is CCOC(=O)c1cnc2n1C(CC(F)(F)F)CN(C(=O)OC(C)(C)C)C2. The monoisotopic (exact) mass is 377 g/mol.